The third-order valence-electron chi connectivity index (χ3n) is 4.28. The quantitative estimate of drug-likeness (QED) is 0.853. The Balaban J connectivity index is 2.17. The second kappa shape index (κ2) is 6.51. The molecule has 0 saturated carbocycles. The minimum absolute atomic E-state index is 0.0350. The van der Waals surface area contributed by atoms with Crippen LogP contribution in [0.3, 0.4) is 0 Å². The Labute approximate surface area is 115 Å². The van der Waals surface area contributed by atoms with Crippen LogP contribution >= 0.6 is 0 Å². The average Bonchev–Trinajstić information content (AvgIpc) is 2.73. The van der Waals surface area contributed by atoms with Gasteiger partial charge in [-0.25, -0.2) is 0 Å². The van der Waals surface area contributed by atoms with Crippen LogP contribution < -0.4 is 0 Å². The normalized spacial score (nSPS) is 27.9. The summed E-state index contributed by atoms with van der Waals surface area (Å²) in [7, 11) is 0. The van der Waals surface area contributed by atoms with Crippen molar-refractivity contribution in [3.05, 3.63) is 35.4 Å². The van der Waals surface area contributed by atoms with Crippen molar-refractivity contribution in [2.45, 2.75) is 44.8 Å². The summed E-state index contributed by atoms with van der Waals surface area (Å²) < 4.78 is 0. The zero-order valence-corrected chi connectivity index (χ0v) is 11.9. The van der Waals surface area contributed by atoms with Crippen molar-refractivity contribution in [2.24, 2.45) is 0 Å². The predicted octanol–water partition coefficient (Wildman–Crippen LogP) is 1.92. The van der Waals surface area contributed by atoms with Gasteiger partial charge in [-0.15, -0.1) is 0 Å². The van der Waals surface area contributed by atoms with Crippen LogP contribution in [-0.4, -0.2) is 47.0 Å². The number of aliphatic hydroxyl groups is 2. The van der Waals surface area contributed by atoms with Gasteiger partial charge >= 0.3 is 0 Å². The molecule has 0 aromatic heterocycles. The Kier molecular flexibility index (Phi) is 4.97. The van der Waals surface area contributed by atoms with Gasteiger partial charge in [0.2, 0.25) is 0 Å². The Morgan fingerprint density at radius 2 is 2.05 bits per heavy atom. The zero-order valence-electron chi connectivity index (χ0n) is 11.9. The highest BCUT2D eigenvalue weighted by molar-refractivity contribution is 5.32. The topological polar surface area (TPSA) is 43.7 Å². The lowest BCUT2D eigenvalue weighted by molar-refractivity contribution is 0.0664. The van der Waals surface area contributed by atoms with E-state index in [-0.39, 0.29) is 18.6 Å². The first-order chi connectivity index (χ1) is 9.19. The van der Waals surface area contributed by atoms with E-state index in [1.54, 1.807) is 0 Å². The Morgan fingerprint density at radius 1 is 1.32 bits per heavy atom. The largest absolute Gasteiger partial charge is 0.395 e. The van der Waals surface area contributed by atoms with E-state index in [9.17, 15) is 10.2 Å². The number of likely N-dealkylation sites (tertiary alicyclic amines) is 1. The van der Waals surface area contributed by atoms with Crippen molar-refractivity contribution in [3.8, 4) is 0 Å². The van der Waals surface area contributed by atoms with Gasteiger partial charge in [0, 0.05) is 12.5 Å². The highest BCUT2D eigenvalue weighted by Gasteiger charge is 2.40. The van der Waals surface area contributed by atoms with Crippen LogP contribution in [0.25, 0.3) is 0 Å². The van der Waals surface area contributed by atoms with Crippen molar-refractivity contribution in [1.82, 2.24) is 4.90 Å². The Morgan fingerprint density at radius 3 is 2.68 bits per heavy atom. The van der Waals surface area contributed by atoms with Gasteiger partial charge in [-0.05, 0) is 31.0 Å². The molecule has 2 N–H and O–H groups in total. The molecule has 1 heterocycles. The summed E-state index contributed by atoms with van der Waals surface area (Å²) in [5.41, 5.74) is 2.44. The molecule has 1 fully saturated rings. The van der Waals surface area contributed by atoms with Crippen LogP contribution in [0.2, 0.25) is 0 Å². The molecule has 3 nitrogen and oxygen atoms in total. The molecule has 1 aliphatic heterocycles. The van der Waals surface area contributed by atoms with Crippen molar-refractivity contribution in [3.63, 3.8) is 0 Å². The van der Waals surface area contributed by atoms with E-state index in [0.29, 0.717) is 0 Å². The molecule has 19 heavy (non-hydrogen) atoms. The van der Waals surface area contributed by atoms with Crippen molar-refractivity contribution >= 4 is 0 Å². The van der Waals surface area contributed by atoms with E-state index < -0.39 is 6.10 Å². The van der Waals surface area contributed by atoms with Gasteiger partial charge in [-0.3, -0.25) is 4.90 Å². The molecule has 1 aromatic carbocycles. The first kappa shape index (κ1) is 14.5. The first-order valence-corrected chi connectivity index (χ1v) is 7.27. The third-order valence-corrected chi connectivity index (χ3v) is 4.28. The van der Waals surface area contributed by atoms with Crippen LogP contribution in [0.5, 0.6) is 0 Å². The van der Waals surface area contributed by atoms with E-state index in [2.05, 4.69) is 30.9 Å². The summed E-state index contributed by atoms with van der Waals surface area (Å²) in [6.45, 7) is 6.09. The van der Waals surface area contributed by atoms with E-state index in [0.717, 1.165) is 25.9 Å². The number of benzene rings is 1. The number of hydrogen-bond acceptors (Lipinski definition) is 3. The second-order valence-corrected chi connectivity index (χ2v) is 5.55. The lowest BCUT2D eigenvalue weighted by atomic mass is 9.90. The van der Waals surface area contributed by atoms with Gasteiger partial charge in [-0.1, -0.05) is 37.6 Å². The molecule has 3 atom stereocenters. The SMILES string of the molecule is CCCCN1C[C@H](c2ccccc2C)[C@@H](O)[C@H]1CO. The van der Waals surface area contributed by atoms with Crippen molar-refractivity contribution < 1.29 is 10.2 Å². The van der Waals surface area contributed by atoms with Crippen LogP contribution in [-0.2, 0) is 0 Å². The van der Waals surface area contributed by atoms with Gasteiger partial charge in [0.05, 0.1) is 18.8 Å². The predicted molar refractivity (Wildman–Crippen MR) is 77.3 cm³/mol. The van der Waals surface area contributed by atoms with Gasteiger partial charge < -0.3 is 10.2 Å². The van der Waals surface area contributed by atoms with Crippen LogP contribution in [0.15, 0.2) is 24.3 Å². The van der Waals surface area contributed by atoms with Crippen LogP contribution in [0.1, 0.15) is 36.8 Å². The highest BCUT2D eigenvalue weighted by Crippen LogP contribution is 2.33. The molecule has 2 rings (SSSR count). The smallest absolute Gasteiger partial charge is 0.0798 e. The molecule has 0 radical (unpaired) electrons. The molecular weight excluding hydrogens is 238 g/mol. The molecule has 0 unspecified atom stereocenters. The van der Waals surface area contributed by atoms with Gasteiger partial charge in [0.15, 0.2) is 0 Å². The number of hydrogen-bond donors (Lipinski definition) is 2. The highest BCUT2D eigenvalue weighted by atomic mass is 16.3. The lowest BCUT2D eigenvalue weighted by Crippen LogP contribution is -2.38. The molecule has 0 bridgehead atoms. The molecular formula is C16H25NO2. The Hall–Kier alpha value is -0.900. The molecule has 1 saturated heterocycles. The van der Waals surface area contributed by atoms with Crippen molar-refractivity contribution in [1.29, 1.82) is 0 Å². The molecule has 0 amide bonds. The minimum Gasteiger partial charge on any atom is -0.395 e. The van der Waals surface area contributed by atoms with Crippen LogP contribution in [0.4, 0.5) is 0 Å². The van der Waals surface area contributed by atoms with Crippen molar-refractivity contribution in [2.75, 3.05) is 19.7 Å². The molecule has 106 valence electrons. The summed E-state index contributed by atoms with van der Waals surface area (Å²) in [5.74, 6) is 0.121. The van der Waals surface area contributed by atoms with E-state index in [1.165, 1.54) is 11.1 Å². The zero-order chi connectivity index (χ0) is 13.8. The number of aliphatic hydroxyl groups excluding tert-OH is 2. The maximum atomic E-state index is 10.5. The fraction of sp³-hybridized carbons (Fsp3) is 0.625. The maximum Gasteiger partial charge on any atom is 0.0798 e. The number of nitrogens with zero attached hydrogens (tertiary/aromatic N) is 1. The molecule has 1 aromatic rings. The average molecular weight is 263 g/mol. The van der Waals surface area contributed by atoms with E-state index >= 15 is 0 Å². The summed E-state index contributed by atoms with van der Waals surface area (Å²) in [5, 5.41) is 20.0. The fourth-order valence-corrected chi connectivity index (χ4v) is 3.11. The number of unbranched alkanes of at least 4 members (excludes halogenated alkanes) is 1. The molecule has 1 aliphatic rings. The van der Waals surface area contributed by atoms with E-state index in [4.69, 9.17) is 0 Å². The first-order valence-electron chi connectivity index (χ1n) is 7.27. The summed E-state index contributed by atoms with van der Waals surface area (Å²) in [6.07, 6.45) is 1.78. The molecule has 0 aliphatic carbocycles. The summed E-state index contributed by atoms with van der Waals surface area (Å²) >= 11 is 0. The monoisotopic (exact) mass is 263 g/mol. The fourth-order valence-electron chi connectivity index (χ4n) is 3.11. The van der Waals surface area contributed by atoms with Crippen LogP contribution in [0, 0.1) is 6.92 Å². The van der Waals surface area contributed by atoms with Gasteiger partial charge in [0.25, 0.3) is 0 Å². The minimum atomic E-state index is -0.469. The summed E-state index contributed by atoms with van der Waals surface area (Å²) in [6, 6.07) is 8.12. The molecule has 0 spiro atoms. The molecule has 3 heteroatoms. The number of aryl methyl sites for hydroxylation is 1. The van der Waals surface area contributed by atoms with Gasteiger partial charge in [0.1, 0.15) is 0 Å². The summed E-state index contributed by atoms with van der Waals surface area (Å²) in [4.78, 5) is 2.24. The maximum absolute atomic E-state index is 10.5. The second-order valence-electron chi connectivity index (χ2n) is 5.55. The van der Waals surface area contributed by atoms with Gasteiger partial charge in [-0.2, -0.15) is 0 Å². The number of rotatable bonds is 5. The van der Waals surface area contributed by atoms with E-state index in [1.807, 2.05) is 12.1 Å². The standard InChI is InChI=1S/C16H25NO2/c1-3-4-9-17-10-14(16(19)15(17)11-18)13-8-6-5-7-12(13)2/h5-8,14-16,18-19H,3-4,9-11H2,1-2H3/t14-,15-,16-/m1/s1. The lowest BCUT2D eigenvalue weighted by Gasteiger charge is -2.23. The third kappa shape index (κ3) is 2.99. The Bertz CT molecular complexity index is 407.